The molecule has 4 heteroatoms. The molecule has 0 saturated carbocycles. The molecule has 2 rings (SSSR count). The Balaban J connectivity index is 2.28. The highest BCUT2D eigenvalue weighted by Gasteiger charge is 2.07. The van der Waals surface area contributed by atoms with Gasteiger partial charge in [-0.05, 0) is 16.7 Å². The summed E-state index contributed by atoms with van der Waals surface area (Å²) in [5, 5.41) is 5.09. The number of hydrogen-bond donors (Lipinski definition) is 1. The largest absolute Gasteiger partial charge is 0.228 e. The molecular formula is C15H15NO2S. The summed E-state index contributed by atoms with van der Waals surface area (Å²) < 4.78 is 22.4. The molecule has 0 bridgehead atoms. The summed E-state index contributed by atoms with van der Waals surface area (Å²) >= 11 is 0. The first-order chi connectivity index (χ1) is 9.04. The number of primary sulfonamides is 1. The Morgan fingerprint density at radius 2 is 1.53 bits per heavy atom. The lowest BCUT2D eigenvalue weighted by Gasteiger charge is -2.04. The molecule has 0 saturated heterocycles. The minimum atomic E-state index is -3.52. The standard InChI is InChI=1S/C15H15NO2S/c16-19(17,18)12-15-9-5-4-8-14(15)11-10-13-6-2-1-3-7-13/h1-11H,12H2,(H2,16,17,18)/b11-10+. The Morgan fingerprint density at radius 3 is 2.21 bits per heavy atom. The van der Waals surface area contributed by atoms with Gasteiger partial charge in [-0.3, -0.25) is 0 Å². The van der Waals surface area contributed by atoms with Crippen LogP contribution in [0.2, 0.25) is 0 Å². The quantitative estimate of drug-likeness (QED) is 0.870. The molecule has 19 heavy (non-hydrogen) atoms. The highest BCUT2D eigenvalue weighted by atomic mass is 32.2. The second-order valence-corrected chi connectivity index (χ2v) is 5.86. The normalized spacial score (nSPS) is 11.8. The molecule has 0 spiro atoms. The maximum absolute atomic E-state index is 11.2. The van der Waals surface area contributed by atoms with Gasteiger partial charge in [0.25, 0.3) is 0 Å². The van der Waals surface area contributed by atoms with Crippen LogP contribution in [0.15, 0.2) is 54.6 Å². The molecule has 0 fully saturated rings. The molecule has 3 nitrogen and oxygen atoms in total. The molecule has 0 aliphatic rings. The van der Waals surface area contributed by atoms with Gasteiger partial charge >= 0.3 is 0 Å². The SMILES string of the molecule is NS(=O)(=O)Cc1ccccc1/C=C/c1ccccc1. The van der Waals surface area contributed by atoms with E-state index in [2.05, 4.69) is 0 Å². The van der Waals surface area contributed by atoms with Crippen LogP contribution in [-0.2, 0) is 15.8 Å². The van der Waals surface area contributed by atoms with Crippen LogP contribution in [-0.4, -0.2) is 8.42 Å². The van der Waals surface area contributed by atoms with Gasteiger partial charge in [0, 0.05) is 0 Å². The number of sulfonamides is 1. The van der Waals surface area contributed by atoms with Crippen molar-refractivity contribution in [3.05, 3.63) is 71.3 Å². The van der Waals surface area contributed by atoms with Gasteiger partial charge in [-0.15, -0.1) is 0 Å². The first-order valence-corrected chi connectivity index (χ1v) is 7.58. The van der Waals surface area contributed by atoms with Gasteiger partial charge in [0.05, 0.1) is 5.75 Å². The Kier molecular flexibility index (Phi) is 4.14. The Morgan fingerprint density at radius 1 is 0.895 bits per heavy atom. The summed E-state index contributed by atoms with van der Waals surface area (Å²) in [6.45, 7) is 0. The number of nitrogens with two attached hydrogens (primary N) is 1. The van der Waals surface area contributed by atoms with Crippen molar-refractivity contribution in [2.45, 2.75) is 5.75 Å². The van der Waals surface area contributed by atoms with Gasteiger partial charge in [0.2, 0.25) is 10.0 Å². The van der Waals surface area contributed by atoms with Crippen molar-refractivity contribution in [3.8, 4) is 0 Å². The minimum Gasteiger partial charge on any atom is -0.228 e. The van der Waals surface area contributed by atoms with E-state index in [1.54, 1.807) is 12.1 Å². The molecule has 0 unspecified atom stereocenters. The van der Waals surface area contributed by atoms with E-state index >= 15 is 0 Å². The van der Waals surface area contributed by atoms with Gasteiger partial charge < -0.3 is 0 Å². The van der Waals surface area contributed by atoms with Crippen molar-refractivity contribution < 1.29 is 8.42 Å². The third-order valence-electron chi connectivity index (χ3n) is 2.67. The molecule has 0 aliphatic heterocycles. The lowest BCUT2D eigenvalue weighted by Crippen LogP contribution is -2.15. The lowest BCUT2D eigenvalue weighted by molar-refractivity contribution is 0.597. The predicted octanol–water partition coefficient (Wildman–Crippen LogP) is 2.65. The second kappa shape index (κ2) is 5.82. The van der Waals surface area contributed by atoms with Crippen molar-refractivity contribution in [1.82, 2.24) is 0 Å². The molecular weight excluding hydrogens is 258 g/mol. The Bertz CT molecular complexity index is 676. The van der Waals surface area contributed by atoms with Gasteiger partial charge in [0.1, 0.15) is 0 Å². The molecule has 2 aromatic carbocycles. The van der Waals surface area contributed by atoms with Crippen LogP contribution in [0.5, 0.6) is 0 Å². The zero-order valence-corrected chi connectivity index (χ0v) is 11.2. The average Bonchev–Trinajstić information content (AvgIpc) is 2.37. The lowest BCUT2D eigenvalue weighted by atomic mass is 10.1. The van der Waals surface area contributed by atoms with E-state index in [1.807, 2.05) is 54.6 Å². The van der Waals surface area contributed by atoms with E-state index in [0.29, 0.717) is 5.56 Å². The average molecular weight is 273 g/mol. The van der Waals surface area contributed by atoms with E-state index in [-0.39, 0.29) is 5.75 Å². The predicted molar refractivity (Wildman–Crippen MR) is 78.6 cm³/mol. The molecule has 0 radical (unpaired) electrons. The van der Waals surface area contributed by atoms with Crippen molar-refractivity contribution >= 4 is 22.2 Å². The zero-order chi connectivity index (χ0) is 13.7. The first kappa shape index (κ1) is 13.5. The Hall–Kier alpha value is -1.91. The number of benzene rings is 2. The molecule has 0 atom stereocenters. The fourth-order valence-electron chi connectivity index (χ4n) is 1.80. The maximum atomic E-state index is 11.2. The third-order valence-corrected chi connectivity index (χ3v) is 3.38. The van der Waals surface area contributed by atoms with Crippen LogP contribution in [0.4, 0.5) is 0 Å². The second-order valence-electron chi connectivity index (χ2n) is 4.25. The van der Waals surface area contributed by atoms with Gasteiger partial charge in [0.15, 0.2) is 0 Å². The van der Waals surface area contributed by atoms with Crippen LogP contribution in [0, 0.1) is 0 Å². The smallest absolute Gasteiger partial charge is 0.213 e. The van der Waals surface area contributed by atoms with Crippen LogP contribution in [0.3, 0.4) is 0 Å². The summed E-state index contributed by atoms with van der Waals surface area (Å²) in [6.07, 6.45) is 3.85. The summed E-state index contributed by atoms with van der Waals surface area (Å²) in [6, 6.07) is 17.2. The zero-order valence-electron chi connectivity index (χ0n) is 10.4. The van der Waals surface area contributed by atoms with Crippen molar-refractivity contribution in [2.24, 2.45) is 5.14 Å². The molecule has 0 heterocycles. The third kappa shape index (κ3) is 4.35. The van der Waals surface area contributed by atoms with Crippen molar-refractivity contribution in [3.63, 3.8) is 0 Å². The molecule has 2 aromatic rings. The highest BCUT2D eigenvalue weighted by Crippen LogP contribution is 2.15. The highest BCUT2D eigenvalue weighted by molar-refractivity contribution is 7.88. The van der Waals surface area contributed by atoms with Crippen LogP contribution in [0.1, 0.15) is 16.7 Å². The molecule has 0 aliphatic carbocycles. The van der Waals surface area contributed by atoms with Gasteiger partial charge in [-0.2, -0.15) is 0 Å². The van der Waals surface area contributed by atoms with Crippen LogP contribution >= 0.6 is 0 Å². The monoisotopic (exact) mass is 273 g/mol. The van der Waals surface area contributed by atoms with E-state index in [9.17, 15) is 8.42 Å². The number of hydrogen-bond acceptors (Lipinski definition) is 2. The van der Waals surface area contributed by atoms with Crippen LogP contribution in [0.25, 0.3) is 12.2 Å². The van der Waals surface area contributed by atoms with Crippen molar-refractivity contribution in [2.75, 3.05) is 0 Å². The molecule has 2 N–H and O–H groups in total. The van der Waals surface area contributed by atoms with Gasteiger partial charge in [-0.25, -0.2) is 13.6 Å². The molecule has 0 amide bonds. The van der Waals surface area contributed by atoms with E-state index in [0.717, 1.165) is 11.1 Å². The molecule has 0 aromatic heterocycles. The van der Waals surface area contributed by atoms with E-state index in [4.69, 9.17) is 5.14 Å². The fraction of sp³-hybridized carbons (Fsp3) is 0.0667. The maximum Gasteiger partial charge on any atom is 0.213 e. The fourth-order valence-corrected chi connectivity index (χ4v) is 2.49. The topological polar surface area (TPSA) is 60.2 Å². The summed E-state index contributed by atoms with van der Waals surface area (Å²) in [7, 11) is -3.52. The van der Waals surface area contributed by atoms with Crippen LogP contribution < -0.4 is 5.14 Å². The van der Waals surface area contributed by atoms with E-state index < -0.39 is 10.0 Å². The van der Waals surface area contributed by atoms with Gasteiger partial charge in [-0.1, -0.05) is 66.7 Å². The van der Waals surface area contributed by atoms with Crippen molar-refractivity contribution in [1.29, 1.82) is 0 Å². The first-order valence-electron chi connectivity index (χ1n) is 5.86. The summed E-state index contributed by atoms with van der Waals surface area (Å²) in [4.78, 5) is 0. The molecule has 98 valence electrons. The summed E-state index contributed by atoms with van der Waals surface area (Å²) in [5.74, 6) is -0.150. The number of rotatable bonds is 4. The Labute approximate surface area is 113 Å². The van der Waals surface area contributed by atoms with E-state index in [1.165, 1.54) is 0 Å². The minimum absolute atomic E-state index is 0.150. The summed E-state index contributed by atoms with van der Waals surface area (Å²) in [5.41, 5.74) is 2.63.